The summed E-state index contributed by atoms with van der Waals surface area (Å²) in [6, 6.07) is 12.9. The number of rotatable bonds is 6. The Kier molecular flexibility index (Phi) is 5.51. The van der Waals surface area contributed by atoms with Crippen molar-refractivity contribution in [1.82, 2.24) is 18.7 Å². The minimum Gasteiger partial charge on any atom is -0.325 e. The molecule has 3 heterocycles. The molecule has 0 fully saturated rings. The Morgan fingerprint density at radius 3 is 2.68 bits per heavy atom. The highest BCUT2D eigenvalue weighted by atomic mass is 32.1. The maximum atomic E-state index is 13.2. The highest BCUT2D eigenvalue weighted by Crippen LogP contribution is 2.22. The van der Waals surface area contributed by atoms with E-state index in [0.717, 1.165) is 10.1 Å². The zero-order valence-corrected chi connectivity index (χ0v) is 17.4. The maximum absolute atomic E-state index is 13.2. The average Bonchev–Trinajstić information content (AvgIpc) is 3.41. The molecule has 156 valence electrons. The van der Waals surface area contributed by atoms with Gasteiger partial charge in [-0.2, -0.15) is 5.26 Å². The SMILES string of the molecule is CCn1cnc2c1c(=O)n(CC(=O)Nc1sccc1C#N)c(=O)n2Cc1ccccc1. The third-order valence-corrected chi connectivity index (χ3v) is 5.68. The lowest BCUT2D eigenvalue weighted by Gasteiger charge is -2.12. The van der Waals surface area contributed by atoms with E-state index in [1.807, 2.05) is 43.3 Å². The number of aryl methyl sites for hydroxylation is 1. The van der Waals surface area contributed by atoms with E-state index in [9.17, 15) is 14.4 Å². The first-order chi connectivity index (χ1) is 15.0. The van der Waals surface area contributed by atoms with E-state index in [1.54, 1.807) is 16.0 Å². The molecule has 0 saturated heterocycles. The number of carbonyl (C=O) groups excluding carboxylic acids is 1. The van der Waals surface area contributed by atoms with E-state index in [2.05, 4.69) is 10.3 Å². The second kappa shape index (κ2) is 8.41. The van der Waals surface area contributed by atoms with Gasteiger partial charge in [-0.15, -0.1) is 11.3 Å². The van der Waals surface area contributed by atoms with Crippen molar-refractivity contribution in [3.8, 4) is 6.07 Å². The molecule has 4 rings (SSSR count). The van der Waals surface area contributed by atoms with Gasteiger partial charge in [0.1, 0.15) is 17.6 Å². The van der Waals surface area contributed by atoms with Gasteiger partial charge < -0.3 is 9.88 Å². The van der Waals surface area contributed by atoms with Crippen molar-refractivity contribution in [3.05, 3.63) is 80.1 Å². The van der Waals surface area contributed by atoms with Gasteiger partial charge in [-0.05, 0) is 23.9 Å². The van der Waals surface area contributed by atoms with Gasteiger partial charge in [-0.3, -0.25) is 14.2 Å². The van der Waals surface area contributed by atoms with Crippen LogP contribution in [0.4, 0.5) is 5.00 Å². The number of nitrogens with zero attached hydrogens (tertiary/aromatic N) is 5. The largest absolute Gasteiger partial charge is 0.333 e. The van der Waals surface area contributed by atoms with Crippen molar-refractivity contribution in [2.24, 2.45) is 0 Å². The number of thiophene rings is 1. The van der Waals surface area contributed by atoms with Gasteiger partial charge in [0.05, 0.1) is 18.4 Å². The van der Waals surface area contributed by atoms with E-state index in [0.29, 0.717) is 17.1 Å². The molecule has 1 N–H and O–H groups in total. The van der Waals surface area contributed by atoms with Crippen molar-refractivity contribution in [3.63, 3.8) is 0 Å². The van der Waals surface area contributed by atoms with Gasteiger partial charge in [0.25, 0.3) is 5.56 Å². The Morgan fingerprint density at radius 1 is 1.19 bits per heavy atom. The van der Waals surface area contributed by atoms with Crippen LogP contribution >= 0.6 is 11.3 Å². The molecule has 9 nitrogen and oxygen atoms in total. The summed E-state index contributed by atoms with van der Waals surface area (Å²) in [5, 5.41) is 13.8. The lowest BCUT2D eigenvalue weighted by Crippen LogP contribution is -2.43. The monoisotopic (exact) mass is 434 g/mol. The first kappa shape index (κ1) is 20.3. The fourth-order valence-corrected chi connectivity index (χ4v) is 4.08. The van der Waals surface area contributed by atoms with Crippen LogP contribution in [0.3, 0.4) is 0 Å². The van der Waals surface area contributed by atoms with Crippen LogP contribution in [-0.4, -0.2) is 24.6 Å². The van der Waals surface area contributed by atoms with Crippen LogP contribution < -0.4 is 16.6 Å². The minimum atomic E-state index is -0.621. The molecular formula is C21H18N6O3S. The van der Waals surface area contributed by atoms with Crippen LogP contribution in [-0.2, 0) is 24.4 Å². The zero-order valence-electron chi connectivity index (χ0n) is 16.6. The molecule has 1 aromatic carbocycles. The van der Waals surface area contributed by atoms with Gasteiger partial charge in [0, 0.05) is 6.54 Å². The lowest BCUT2D eigenvalue weighted by molar-refractivity contribution is -0.116. The van der Waals surface area contributed by atoms with Crippen LogP contribution in [0.5, 0.6) is 0 Å². The number of hydrogen-bond donors (Lipinski definition) is 1. The molecule has 0 aliphatic carbocycles. The molecule has 10 heteroatoms. The molecule has 0 radical (unpaired) electrons. The Morgan fingerprint density at radius 2 is 1.97 bits per heavy atom. The quantitative estimate of drug-likeness (QED) is 0.498. The van der Waals surface area contributed by atoms with E-state index in [1.165, 1.54) is 22.2 Å². The molecule has 0 bridgehead atoms. The molecule has 0 unspecified atom stereocenters. The van der Waals surface area contributed by atoms with E-state index < -0.39 is 23.7 Å². The van der Waals surface area contributed by atoms with Gasteiger partial charge in [0.15, 0.2) is 11.2 Å². The summed E-state index contributed by atoms with van der Waals surface area (Å²) >= 11 is 1.20. The average molecular weight is 434 g/mol. The fraction of sp³-hybridized carbons (Fsp3) is 0.190. The number of carbonyl (C=O) groups is 1. The Bertz CT molecular complexity index is 1420. The van der Waals surface area contributed by atoms with Gasteiger partial charge in [0.2, 0.25) is 5.91 Å². The number of hydrogen-bond acceptors (Lipinski definition) is 6. The maximum Gasteiger partial charge on any atom is 0.333 e. The van der Waals surface area contributed by atoms with Crippen molar-refractivity contribution in [2.45, 2.75) is 26.6 Å². The molecule has 0 spiro atoms. The number of nitrogens with one attached hydrogen (secondary N) is 1. The zero-order chi connectivity index (χ0) is 22.0. The standard InChI is InChI=1S/C21H18N6O3S/c1-2-25-13-23-18-17(25)20(29)27(12-16(28)24-19-15(10-22)8-9-31-19)21(30)26(18)11-14-6-4-3-5-7-14/h3-9,13H,2,11-12H2,1H3,(H,24,28). The number of amides is 1. The highest BCUT2D eigenvalue weighted by Gasteiger charge is 2.20. The van der Waals surface area contributed by atoms with Crippen molar-refractivity contribution >= 4 is 33.4 Å². The summed E-state index contributed by atoms with van der Waals surface area (Å²) in [6.45, 7) is 2.09. The number of anilines is 1. The summed E-state index contributed by atoms with van der Waals surface area (Å²) in [4.78, 5) is 43.2. The summed E-state index contributed by atoms with van der Waals surface area (Å²) < 4.78 is 3.96. The molecule has 4 aromatic rings. The second-order valence-electron chi connectivity index (χ2n) is 6.77. The Balaban J connectivity index is 1.79. The number of nitriles is 1. The summed E-state index contributed by atoms with van der Waals surface area (Å²) in [6.07, 6.45) is 1.52. The molecule has 0 atom stereocenters. The van der Waals surface area contributed by atoms with Crippen molar-refractivity contribution < 1.29 is 4.79 Å². The third kappa shape index (κ3) is 3.78. The summed E-state index contributed by atoms with van der Waals surface area (Å²) in [7, 11) is 0. The normalized spacial score (nSPS) is 10.8. The van der Waals surface area contributed by atoms with E-state index >= 15 is 0 Å². The second-order valence-corrected chi connectivity index (χ2v) is 7.69. The van der Waals surface area contributed by atoms with Crippen molar-refractivity contribution in [2.75, 3.05) is 5.32 Å². The number of fused-ring (bicyclic) bond motifs is 1. The molecule has 3 aromatic heterocycles. The molecule has 31 heavy (non-hydrogen) atoms. The van der Waals surface area contributed by atoms with Gasteiger partial charge in [-0.25, -0.2) is 14.3 Å². The van der Waals surface area contributed by atoms with Crippen LogP contribution in [0.2, 0.25) is 0 Å². The topological polar surface area (TPSA) is 115 Å². The van der Waals surface area contributed by atoms with Gasteiger partial charge >= 0.3 is 5.69 Å². The van der Waals surface area contributed by atoms with E-state index in [4.69, 9.17) is 5.26 Å². The first-order valence-electron chi connectivity index (χ1n) is 9.53. The first-order valence-corrected chi connectivity index (χ1v) is 10.4. The van der Waals surface area contributed by atoms with E-state index in [-0.39, 0.29) is 17.7 Å². The Labute approximate surface area is 180 Å². The molecule has 1 amide bonds. The lowest BCUT2D eigenvalue weighted by atomic mass is 10.2. The fourth-order valence-electron chi connectivity index (χ4n) is 3.33. The predicted molar refractivity (Wildman–Crippen MR) is 117 cm³/mol. The highest BCUT2D eigenvalue weighted by molar-refractivity contribution is 7.14. The summed E-state index contributed by atoms with van der Waals surface area (Å²) in [5.74, 6) is -0.564. The van der Waals surface area contributed by atoms with Crippen LogP contribution in [0, 0.1) is 11.3 Å². The van der Waals surface area contributed by atoms with Crippen LogP contribution in [0.1, 0.15) is 18.1 Å². The number of aromatic nitrogens is 4. The molecule has 0 saturated carbocycles. The van der Waals surface area contributed by atoms with Crippen molar-refractivity contribution in [1.29, 1.82) is 5.26 Å². The van der Waals surface area contributed by atoms with Crippen LogP contribution in [0.15, 0.2) is 57.7 Å². The minimum absolute atomic E-state index is 0.211. The third-order valence-electron chi connectivity index (χ3n) is 4.85. The summed E-state index contributed by atoms with van der Waals surface area (Å²) in [5.41, 5.74) is 0.535. The Hall–Kier alpha value is -3.97. The van der Waals surface area contributed by atoms with Gasteiger partial charge in [-0.1, -0.05) is 30.3 Å². The smallest absolute Gasteiger partial charge is 0.325 e. The van der Waals surface area contributed by atoms with Crippen LogP contribution in [0.25, 0.3) is 11.2 Å². The molecule has 0 aliphatic heterocycles. The number of benzene rings is 1. The predicted octanol–water partition coefficient (Wildman–Crippen LogP) is 2.00. The molecular weight excluding hydrogens is 416 g/mol. The molecule has 0 aliphatic rings. The number of imidazole rings is 1.